The van der Waals surface area contributed by atoms with E-state index in [1.807, 2.05) is 6.07 Å². The van der Waals surface area contributed by atoms with Crippen LogP contribution in [-0.2, 0) is 11.2 Å². The zero-order valence-electron chi connectivity index (χ0n) is 8.12. The molecule has 1 aliphatic rings. The summed E-state index contributed by atoms with van der Waals surface area (Å²) in [7, 11) is 0. The van der Waals surface area contributed by atoms with Crippen molar-refractivity contribution in [3.05, 3.63) is 20.8 Å². The van der Waals surface area contributed by atoms with Gasteiger partial charge < -0.3 is 5.32 Å². The molecule has 1 heterocycles. The van der Waals surface area contributed by atoms with Gasteiger partial charge in [-0.05, 0) is 30.2 Å². The minimum Gasteiger partial charge on any atom is -0.349 e. The van der Waals surface area contributed by atoms with E-state index in [1.165, 1.54) is 10.4 Å². The maximum absolute atomic E-state index is 11.4. The second-order valence-electron chi connectivity index (χ2n) is 3.56. The topological polar surface area (TPSA) is 29.1 Å². The number of thiophene rings is 1. The molecule has 1 aromatic heterocycles. The van der Waals surface area contributed by atoms with Crippen LogP contribution in [0.15, 0.2) is 6.07 Å². The van der Waals surface area contributed by atoms with Crippen LogP contribution >= 0.6 is 35.6 Å². The van der Waals surface area contributed by atoms with Crippen molar-refractivity contribution in [2.45, 2.75) is 25.3 Å². The third-order valence-electron chi connectivity index (χ3n) is 2.52. The molecule has 1 atom stereocenters. The largest absolute Gasteiger partial charge is 0.349 e. The molecular formula is C10H12ClNOS2. The fraction of sp³-hybridized carbons (Fsp3) is 0.500. The Morgan fingerprint density at radius 1 is 1.73 bits per heavy atom. The van der Waals surface area contributed by atoms with Gasteiger partial charge in [0.25, 0.3) is 0 Å². The van der Waals surface area contributed by atoms with Crippen molar-refractivity contribution in [1.82, 2.24) is 5.32 Å². The Morgan fingerprint density at radius 3 is 3.27 bits per heavy atom. The zero-order chi connectivity index (χ0) is 10.8. The molecule has 1 N–H and O–H groups in total. The summed E-state index contributed by atoms with van der Waals surface area (Å²) in [6, 6.07) is 2.14. The molecule has 0 bridgehead atoms. The fourth-order valence-electron chi connectivity index (χ4n) is 1.85. The highest BCUT2D eigenvalue weighted by Crippen LogP contribution is 2.39. The molecule has 0 fully saturated rings. The van der Waals surface area contributed by atoms with Crippen molar-refractivity contribution in [2.75, 3.05) is 5.75 Å². The van der Waals surface area contributed by atoms with Crippen LogP contribution in [-0.4, -0.2) is 11.7 Å². The Labute approximate surface area is 103 Å². The smallest absolute Gasteiger partial charge is 0.221 e. The van der Waals surface area contributed by atoms with Crippen molar-refractivity contribution < 1.29 is 4.79 Å². The average molecular weight is 262 g/mol. The van der Waals surface area contributed by atoms with Crippen molar-refractivity contribution in [3.63, 3.8) is 0 Å². The summed E-state index contributed by atoms with van der Waals surface area (Å²) in [5, 5.41) is 3.01. The highest BCUT2D eigenvalue weighted by molar-refractivity contribution is 7.80. The molecule has 0 radical (unpaired) electrons. The maximum Gasteiger partial charge on any atom is 0.221 e. The van der Waals surface area contributed by atoms with Crippen LogP contribution in [0.3, 0.4) is 0 Å². The molecule has 0 aromatic carbocycles. The number of fused-ring (bicyclic) bond motifs is 1. The van der Waals surface area contributed by atoms with E-state index in [-0.39, 0.29) is 11.9 Å². The van der Waals surface area contributed by atoms with Gasteiger partial charge in [0.05, 0.1) is 10.4 Å². The van der Waals surface area contributed by atoms with E-state index < -0.39 is 0 Å². The lowest BCUT2D eigenvalue weighted by atomic mass is 10.2. The first kappa shape index (κ1) is 11.3. The minimum atomic E-state index is 0.0742. The minimum absolute atomic E-state index is 0.0742. The first-order valence-electron chi connectivity index (χ1n) is 4.89. The van der Waals surface area contributed by atoms with Crippen LogP contribution in [0.4, 0.5) is 0 Å². The van der Waals surface area contributed by atoms with E-state index >= 15 is 0 Å². The normalized spacial score (nSPS) is 18.9. The number of hydrogen-bond acceptors (Lipinski definition) is 3. The molecule has 1 unspecified atom stereocenters. The van der Waals surface area contributed by atoms with Gasteiger partial charge in [-0.1, -0.05) is 11.6 Å². The molecule has 15 heavy (non-hydrogen) atoms. The van der Waals surface area contributed by atoms with Crippen molar-refractivity contribution in [1.29, 1.82) is 0 Å². The van der Waals surface area contributed by atoms with Crippen LogP contribution in [0.1, 0.15) is 29.3 Å². The van der Waals surface area contributed by atoms with Gasteiger partial charge in [0.2, 0.25) is 5.91 Å². The molecule has 5 heteroatoms. The number of halogens is 1. The van der Waals surface area contributed by atoms with Crippen LogP contribution < -0.4 is 5.32 Å². The number of carbonyl (C=O) groups is 1. The number of carbonyl (C=O) groups excluding carboxylic acids is 1. The molecule has 0 saturated heterocycles. The molecule has 0 aliphatic heterocycles. The molecule has 2 rings (SSSR count). The third kappa shape index (κ3) is 2.49. The van der Waals surface area contributed by atoms with Gasteiger partial charge in [-0.25, -0.2) is 0 Å². The van der Waals surface area contributed by atoms with E-state index in [4.69, 9.17) is 11.6 Å². The second kappa shape index (κ2) is 4.76. The first-order chi connectivity index (χ1) is 7.20. The Kier molecular flexibility index (Phi) is 3.59. The summed E-state index contributed by atoms with van der Waals surface area (Å²) in [4.78, 5) is 12.7. The molecular weight excluding hydrogens is 250 g/mol. The van der Waals surface area contributed by atoms with Crippen molar-refractivity contribution in [2.24, 2.45) is 0 Å². The molecule has 2 nitrogen and oxygen atoms in total. The Bertz CT molecular complexity index is 377. The summed E-state index contributed by atoms with van der Waals surface area (Å²) in [5.74, 6) is 0.667. The van der Waals surface area contributed by atoms with E-state index in [9.17, 15) is 4.79 Å². The Hall–Kier alpha value is -0.190. The molecule has 1 aromatic rings. The Morgan fingerprint density at radius 2 is 2.53 bits per heavy atom. The SMILES string of the molecule is O=C(CCS)NC1CCc2sc(Cl)cc21. The van der Waals surface area contributed by atoms with Gasteiger partial charge >= 0.3 is 0 Å². The third-order valence-corrected chi connectivity index (χ3v) is 4.08. The molecule has 1 aliphatic carbocycles. The summed E-state index contributed by atoms with van der Waals surface area (Å²) in [6.07, 6.45) is 2.50. The lowest BCUT2D eigenvalue weighted by Crippen LogP contribution is -2.26. The van der Waals surface area contributed by atoms with Crippen LogP contribution in [0.2, 0.25) is 4.34 Å². The number of nitrogens with one attached hydrogen (secondary N) is 1. The molecule has 0 spiro atoms. The monoisotopic (exact) mass is 261 g/mol. The number of aryl methyl sites for hydroxylation is 1. The van der Waals surface area contributed by atoms with Gasteiger partial charge in [0.15, 0.2) is 0 Å². The lowest BCUT2D eigenvalue weighted by molar-refractivity contribution is -0.121. The standard InChI is InChI=1S/C10H12ClNOS2/c11-9-5-6-7(1-2-8(6)15-9)12-10(13)3-4-14/h5,7,14H,1-4H2,(H,12,13). The predicted octanol–water partition coefficient (Wildman–Crippen LogP) is 2.82. The molecule has 1 amide bonds. The second-order valence-corrected chi connectivity index (χ2v) is 5.78. The van der Waals surface area contributed by atoms with Gasteiger partial charge in [-0.2, -0.15) is 12.6 Å². The van der Waals surface area contributed by atoms with Gasteiger partial charge in [0, 0.05) is 11.3 Å². The summed E-state index contributed by atoms with van der Waals surface area (Å²) >= 11 is 11.6. The van der Waals surface area contributed by atoms with Crippen LogP contribution in [0, 0.1) is 0 Å². The first-order valence-corrected chi connectivity index (χ1v) is 6.71. The number of hydrogen-bond donors (Lipinski definition) is 2. The van der Waals surface area contributed by atoms with E-state index in [0.717, 1.165) is 17.2 Å². The lowest BCUT2D eigenvalue weighted by Gasteiger charge is -2.12. The molecule has 0 saturated carbocycles. The van der Waals surface area contributed by atoms with Gasteiger partial charge in [-0.3, -0.25) is 4.79 Å². The van der Waals surface area contributed by atoms with E-state index in [1.54, 1.807) is 11.3 Å². The summed E-state index contributed by atoms with van der Waals surface area (Å²) in [6.45, 7) is 0. The maximum atomic E-state index is 11.4. The summed E-state index contributed by atoms with van der Waals surface area (Å²) in [5.41, 5.74) is 1.21. The summed E-state index contributed by atoms with van der Waals surface area (Å²) < 4.78 is 0.813. The highest BCUT2D eigenvalue weighted by Gasteiger charge is 2.25. The Balaban J connectivity index is 2.04. The van der Waals surface area contributed by atoms with E-state index in [0.29, 0.717) is 12.2 Å². The zero-order valence-corrected chi connectivity index (χ0v) is 10.6. The number of amides is 1. The number of thiol groups is 1. The highest BCUT2D eigenvalue weighted by atomic mass is 35.5. The average Bonchev–Trinajstić information content (AvgIpc) is 2.67. The van der Waals surface area contributed by atoms with Crippen molar-refractivity contribution >= 4 is 41.5 Å². The fourth-order valence-corrected chi connectivity index (χ4v) is 3.41. The number of rotatable bonds is 3. The predicted molar refractivity (Wildman–Crippen MR) is 67.0 cm³/mol. The van der Waals surface area contributed by atoms with Crippen LogP contribution in [0.25, 0.3) is 0 Å². The molecule has 82 valence electrons. The van der Waals surface area contributed by atoms with Gasteiger partial charge in [-0.15, -0.1) is 11.3 Å². The van der Waals surface area contributed by atoms with E-state index in [2.05, 4.69) is 17.9 Å². The quantitative estimate of drug-likeness (QED) is 0.805. The van der Waals surface area contributed by atoms with Crippen LogP contribution in [0.5, 0.6) is 0 Å². The van der Waals surface area contributed by atoms with Gasteiger partial charge in [0.1, 0.15) is 0 Å². The van der Waals surface area contributed by atoms with Crippen molar-refractivity contribution in [3.8, 4) is 0 Å².